The predicted octanol–water partition coefficient (Wildman–Crippen LogP) is 1.98. The second kappa shape index (κ2) is 5.72. The van der Waals surface area contributed by atoms with Crippen molar-refractivity contribution in [2.24, 2.45) is 5.73 Å². The fourth-order valence-electron chi connectivity index (χ4n) is 2.85. The Hall–Kier alpha value is -1.06. The zero-order chi connectivity index (χ0) is 13.0. The number of nitrogens with two attached hydrogens (primary N) is 1. The molecule has 1 aliphatic heterocycles. The van der Waals surface area contributed by atoms with E-state index in [1.807, 2.05) is 0 Å². The van der Waals surface area contributed by atoms with Crippen LogP contribution in [0.2, 0.25) is 0 Å². The fraction of sp³-hybridized carbons (Fsp3) is 0.600. The molecule has 3 nitrogen and oxygen atoms in total. The SMILES string of the molecule is CC(C)NC1(CN)CCN(c2ccccc2)CC1. The summed E-state index contributed by atoms with van der Waals surface area (Å²) in [5.74, 6) is 0. The van der Waals surface area contributed by atoms with Crippen LogP contribution in [0.5, 0.6) is 0 Å². The Balaban J connectivity index is 1.98. The highest BCUT2D eigenvalue weighted by Crippen LogP contribution is 2.26. The summed E-state index contributed by atoms with van der Waals surface area (Å²) in [7, 11) is 0. The van der Waals surface area contributed by atoms with Gasteiger partial charge in [-0.15, -0.1) is 0 Å². The minimum Gasteiger partial charge on any atom is -0.371 e. The summed E-state index contributed by atoms with van der Waals surface area (Å²) < 4.78 is 0. The third-order valence-corrected chi connectivity index (χ3v) is 3.83. The van der Waals surface area contributed by atoms with Crippen molar-refractivity contribution in [2.45, 2.75) is 38.3 Å². The van der Waals surface area contributed by atoms with Crippen molar-refractivity contribution in [3.63, 3.8) is 0 Å². The summed E-state index contributed by atoms with van der Waals surface area (Å²) in [4.78, 5) is 2.45. The molecule has 0 bridgehead atoms. The van der Waals surface area contributed by atoms with E-state index in [9.17, 15) is 0 Å². The second-order valence-electron chi connectivity index (χ2n) is 5.61. The third kappa shape index (κ3) is 3.03. The summed E-state index contributed by atoms with van der Waals surface area (Å²) in [6.45, 7) is 7.29. The molecule has 2 rings (SSSR count). The van der Waals surface area contributed by atoms with Gasteiger partial charge in [-0.2, -0.15) is 0 Å². The number of para-hydroxylation sites is 1. The quantitative estimate of drug-likeness (QED) is 0.855. The first-order valence-electron chi connectivity index (χ1n) is 6.93. The molecule has 0 saturated carbocycles. The molecule has 1 aromatic rings. The van der Waals surface area contributed by atoms with Crippen LogP contribution in [-0.4, -0.2) is 31.2 Å². The maximum Gasteiger partial charge on any atom is 0.0366 e. The van der Waals surface area contributed by atoms with Gasteiger partial charge in [-0.25, -0.2) is 0 Å². The van der Waals surface area contributed by atoms with Crippen molar-refractivity contribution in [2.75, 3.05) is 24.5 Å². The summed E-state index contributed by atoms with van der Waals surface area (Å²) >= 11 is 0. The molecular formula is C15H25N3. The normalized spacial score (nSPS) is 19.2. The molecular weight excluding hydrogens is 222 g/mol. The Bertz CT molecular complexity index is 353. The first kappa shape index (κ1) is 13.4. The maximum atomic E-state index is 5.99. The number of piperidine rings is 1. The molecule has 0 aliphatic carbocycles. The fourth-order valence-corrected chi connectivity index (χ4v) is 2.85. The van der Waals surface area contributed by atoms with Crippen LogP contribution < -0.4 is 16.0 Å². The number of nitrogens with zero attached hydrogens (tertiary/aromatic N) is 1. The van der Waals surface area contributed by atoms with E-state index in [1.54, 1.807) is 0 Å². The van der Waals surface area contributed by atoms with Gasteiger partial charge in [0.1, 0.15) is 0 Å². The first-order chi connectivity index (χ1) is 8.65. The van der Waals surface area contributed by atoms with Gasteiger partial charge in [0, 0.05) is 36.9 Å². The van der Waals surface area contributed by atoms with E-state index in [1.165, 1.54) is 5.69 Å². The number of hydrogen-bond donors (Lipinski definition) is 2. The predicted molar refractivity (Wildman–Crippen MR) is 77.9 cm³/mol. The zero-order valence-electron chi connectivity index (χ0n) is 11.5. The summed E-state index contributed by atoms with van der Waals surface area (Å²) in [5, 5.41) is 3.67. The molecule has 0 radical (unpaired) electrons. The molecule has 1 heterocycles. The standard InChI is InChI=1S/C15H25N3/c1-13(2)17-15(12-16)8-10-18(11-9-15)14-6-4-3-5-7-14/h3-7,13,17H,8-12,16H2,1-2H3. The molecule has 18 heavy (non-hydrogen) atoms. The van der Waals surface area contributed by atoms with Gasteiger partial charge in [-0.05, 0) is 25.0 Å². The van der Waals surface area contributed by atoms with Crippen LogP contribution in [0.25, 0.3) is 0 Å². The van der Waals surface area contributed by atoms with Crippen LogP contribution in [0, 0.1) is 0 Å². The molecule has 0 amide bonds. The Morgan fingerprint density at radius 1 is 1.22 bits per heavy atom. The van der Waals surface area contributed by atoms with Gasteiger partial charge in [0.15, 0.2) is 0 Å². The smallest absolute Gasteiger partial charge is 0.0366 e. The molecule has 1 aliphatic rings. The molecule has 0 unspecified atom stereocenters. The van der Waals surface area contributed by atoms with Gasteiger partial charge in [0.05, 0.1) is 0 Å². The number of anilines is 1. The monoisotopic (exact) mass is 247 g/mol. The maximum absolute atomic E-state index is 5.99. The third-order valence-electron chi connectivity index (χ3n) is 3.83. The van der Waals surface area contributed by atoms with Gasteiger partial charge in [0.2, 0.25) is 0 Å². The summed E-state index contributed by atoms with van der Waals surface area (Å²) in [6, 6.07) is 11.1. The highest BCUT2D eigenvalue weighted by atomic mass is 15.2. The second-order valence-corrected chi connectivity index (χ2v) is 5.61. The molecule has 1 fully saturated rings. The van der Waals surface area contributed by atoms with Crippen molar-refractivity contribution in [3.8, 4) is 0 Å². The lowest BCUT2D eigenvalue weighted by Gasteiger charge is -2.44. The van der Waals surface area contributed by atoms with Gasteiger partial charge in [-0.1, -0.05) is 32.0 Å². The first-order valence-corrected chi connectivity index (χ1v) is 6.93. The lowest BCUT2D eigenvalue weighted by atomic mass is 9.86. The molecule has 0 aromatic heterocycles. The van der Waals surface area contributed by atoms with E-state index in [2.05, 4.69) is 54.4 Å². The van der Waals surface area contributed by atoms with E-state index in [0.29, 0.717) is 6.04 Å². The van der Waals surface area contributed by atoms with E-state index in [-0.39, 0.29) is 5.54 Å². The number of hydrogen-bond acceptors (Lipinski definition) is 3. The molecule has 1 aromatic carbocycles. The van der Waals surface area contributed by atoms with Gasteiger partial charge in [-0.3, -0.25) is 0 Å². The van der Waals surface area contributed by atoms with Crippen molar-refractivity contribution in [1.29, 1.82) is 0 Å². The van der Waals surface area contributed by atoms with Crippen LogP contribution in [-0.2, 0) is 0 Å². The molecule has 100 valence electrons. The van der Waals surface area contributed by atoms with Crippen molar-refractivity contribution in [1.82, 2.24) is 5.32 Å². The minimum absolute atomic E-state index is 0.138. The van der Waals surface area contributed by atoms with Crippen LogP contribution in [0.3, 0.4) is 0 Å². The van der Waals surface area contributed by atoms with E-state index in [4.69, 9.17) is 5.73 Å². The molecule has 1 saturated heterocycles. The van der Waals surface area contributed by atoms with E-state index >= 15 is 0 Å². The number of rotatable bonds is 4. The van der Waals surface area contributed by atoms with Crippen molar-refractivity contribution in [3.05, 3.63) is 30.3 Å². The molecule has 3 heteroatoms. The van der Waals surface area contributed by atoms with Crippen LogP contribution in [0.1, 0.15) is 26.7 Å². The van der Waals surface area contributed by atoms with E-state index < -0.39 is 0 Å². The number of benzene rings is 1. The largest absolute Gasteiger partial charge is 0.371 e. The average molecular weight is 247 g/mol. The summed E-state index contributed by atoms with van der Waals surface area (Å²) in [6.07, 6.45) is 2.24. The van der Waals surface area contributed by atoms with Crippen molar-refractivity contribution < 1.29 is 0 Å². The highest BCUT2D eigenvalue weighted by Gasteiger charge is 2.33. The van der Waals surface area contributed by atoms with Gasteiger partial charge >= 0.3 is 0 Å². The van der Waals surface area contributed by atoms with Gasteiger partial charge < -0.3 is 16.0 Å². The topological polar surface area (TPSA) is 41.3 Å². The lowest BCUT2D eigenvalue weighted by molar-refractivity contribution is 0.248. The molecule has 0 atom stereocenters. The minimum atomic E-state index is 0.138. The highest BCUT2D eigenvalue weighted by molar-refractivity contribution is 5.46. The Labute approximate surface area is 110 Å². The van der Waals surface area contributed by atoms with Crippen molar-refractivity contribution >= 4 is 5.69 Å². The number of nitrogens with one attached hydrogen (secondary N) is 1. The molecule has 0 spiro atoms. The summed E-state index contributed by atoms with van der Waals surface area (Å²) in [5.41, 5.74) is 7.45. The Morgan fingerprint density at radius 2 is 1.83 bits per heavy atom. The van der Waals surface area contributed by atoms with Crippen LogP contribution in [0.4, 0.5) is 5.69 Å². The Kier molecular flexibility index (Phi) is 4.25. The van der Waals surface area contributed by atoms with Gasteiger partial charge in [0.25, 0.3) is 0 Å². The van der Waals surface area contributed by atoms with Crippen LogP contribution in [0.15, 0.2) is 30.3 Å². The zero-order valence-corrected chi connectivity index (χ0v) is 11.5. The average Bonchev–Trinajstić information content (AvgIpc) is 2.40. The Morgan fingerprint density at radius 3 is 2.33 bits per heavy atom. The van der Waals surface area contributed by atoms with E-state index in [0.717, 1.165) is 32.5 Å². The lowest BCUT2D eigenvalue weighted by Crippen LogP contribution is -2.59. The molecule has 3 N–H and O–H groups in total. The van der Waals surface area contributed by atoms with Crippen LogP contribution >= 0.6 is 0 Å².